The minimum Gasteiger partial charge on any atom is -0.494 e. The molecule has 9 heteroatoms. The van der Waals surface area contributed by atoms with Crippen molar-refractivity contribution in [1.29, 1.82) is 0 Å². The summed E-state index contributed by atoms with van der Waals surface area (Å²) in [7, 11) is 1.32. The van der Waals surface area contributed by atoms with Gasteiger partial charge < -0.3 is 19.5 Å². The minimum atomic E-state index is -0.843. The Labute approximate surface area is 161 Å². The molecule has 1 amide bonds. The van der Waals surface area contributed by atoms with Crippen molar-refractivity contribution in [1.82, 2.24) is 0 Å². The number of amides is 1. The molecule has 0 radical (unpaired) electrons. The zero-order chi connectivity index (χ0) is 20.5. The number of benzene rings is 2. The summed E-state index contributed by atoms with van der Waals surface area (Å²) in [6, 6.07) is 12.5. The SMILES string of the molecule is CC[C@@H](Oc1ccccc1)C(=O)OCC(=O)Nc1ccc([N+](=O)[O-])cc1OC. The first kappa shape index (κ1) is 20.7. The number of nitrogens with one attached hydrogen (secondary N) is 1. The molecule has 0 aliphatic carbocycles. The van der Waals surface area contributed by atoms with Gasteiger partial charge in [0, 0.05) is 6.07 Å². The lowest BCUT2D eigenvalue weighted by atomic mass is 10.2. The highest BCUT2D eigenvalue weighted by atomic mass is 16.6. The number of carbonyl (C=O) groups excluding carboxylic acids is 2. The minimum absolute atomic E-state index is 0.118. The average molecular weight is 388 g/mol. The first-order valence-electron chi connectivity index (χ1n) is 8.45. The van der Waals surface area contributed by atoms with Crippen LogP contribution >= 0.6 is 0 Å². The van der Waals surface area contributed by atoms with E-state index in [1.54, 1.807) is 31.2 Å². The lowest BCUT2D eigenvalue weighted by Crippen LogP contribution is -2.31. The fourth-order valence-corrected chi connectivity index (χ4v) is 2.27. The van der Waals surface area contributed by atoms with Gasteiger partial charge in [-0.15, -0.1) is 0 Å². The summed E-state index contributed by atoms with van der Waals surface area (Å²) >= 11 is 0. The van der Waals surface area contributed by atoms with E-state index in [9.17, 15) is 19.7 Å². The molecule has 0 spiro atoms. The Morgan fingerprint density at radius 1 is 1.18 bits per heavy atom. The number of methoxy groups -OCH3 is 1. The number of carbonyl (C=O) groups is 2. The summed E-state index contributed by atoms with van der Waals surface area (Å²) in [6.07, 6.45) is -0.477. The van der Waals surface area contributed by atoms with Gasteiger partial charge in [-0.25, -0.2) is 4.79 Å². The van der Waals surface area contributed by atoms with Crippen LogP contribution in [-0.4, -0.2) is 36.6 Å². The van der Waals surface area contributed by atoms with Gasteiger partial charge in [0.15, 0.2) is 12.7 Å². The predicted molar refractivity (Wildman–Crippen MR) is 100 cm³/mol. The molecule has 28 heavy (non-hydrogen) atoms. The van der Waals surface area contributed by atoms with Crippen LogP contribution in [-0.2, 0) is 14.3 Å². The van der Waals surface area contributed by atoms with Crippen molar-refractivity contribution in [3.05, 3.63) is 58.6 Å². The number of rotatable bonds is 9. The van der Waals surface area contributed by atoms with Crippen LogP contribution in [0, 0.1) is 10.1 Å². The second-order valence-electron chi connectivity index (χ2n) is 5.63. The predicted octanol–water partition coefficient (Wildman–Crippen LogP) is 2.94. The zero-order valence-corrected chi connectivity index (χ0v) is 15.4. The highest BCUT2D eigenvalue weighted by Crippen LogP contribution is 2.28. The van der Waals surface area contributed by atoms with Gasteiger partial charge >= 0.3 is 5.97 Å². The first-order chi connectivity index (χ1) is 13.4. The van der Waals surface area contributed by atoms with Gasteiger partial charge in [0.2, 0.25) is 0 Å². The van der Waals surface area contributed by atoms with Gasteiger partial charge in [-0.2, -0.15) is 0 Å². The summed E-state index contributed by atoms with van der Waals surface area (Å²) < 4.78 is 15.6. The monoisotopic (exact) mass is 388 g/mol. The number of anilines is 1. The zero-order valence-electron chi connectivity index (χ0n) is 15.4. The largest absolute Gasteiger partial charge is 0.494 e. The molecule has 0 aliphatic rings. The van der Waals surface area contributed by atoms with E-state index in [-0.39, 0.29) is 17.1 Å². The standard InChI is InChI=1S/C19H20N2O7/c1-3-16(28-14-7-5-4-6-8-14)19(23)27-12-18(22)20-15-10-9-13(21(24)25)11-17(15)26-2/h4-11,16H,3,12H2,1-2H3,(H,20,22)/t16-/m1/s1. The van der Waals surface area contributed by atoms with Crippen LogP contribution in [0.2, 0.25) is 0 Å². The summed E-state index contributed by atoms with van der Waals surface area (Å²) in [6.45, 7) is 1.23. The van der Waals surface area contributed by atoms with Crippen LogP contribution in [0.5, 0.6) is 11.5 Å². The Kier molecular flexibility index (Phi) is 7.32. The van der Waals surface area contributed by atoms with Crippen LogP contribution < -0.4 is 14.8 Å². The second kappa shape index (κ2) is 9.91. The molecule has 2 rings (SSSR count). The fourth-order valence-electron chi connectivity index (χ4n) is 2.27. The summed E-state index contributed by atoms with van der Waals surface area (Å²) in [5, 5.41) is 13.3. The molecule has 9 nitrogen and oxygen atoms in total. The third kappa shape index (κ3) is 5.70. The van der Waals surface area contributed by atoms with Crippen LogP contribution in [0.4, 0.5) is 11.4 Å². The van der Waals surface area contributed by atoms with Gasteiger partial charge in [-0.05, 0) is 24.6 Å². The van der Waals surface area contributed by atoms with Gasteiger partial charge in [-0.3, -0.25) is 14.9 Å². The quantitative estimate of drug-likeness (QED) is 0.399. The van der Waals surface area contributed by atoms with Crippen molar-refractivity contribution >= 4 is 23.3 Å². The molecule has 2 aromatic rings. The smallest absolute Gasteiger partial charge is 0.347 e. The van der Waals surface area contributed by atoms with Gasteiger partial charge in [0.05, 0.1) is 23.8 Å². The molecule has 0 unspecified atom stereocenters. The van der Waals surface area contributed by atoms with Crippen molar-refractivity contribution in [2.75, 3.05) is 19.0 Å². The lowest BCUT2D eigenvalue weighted by Gasteiger charge is -2.16. The van der Waals surface area contributed by atoms with Crippen molar-refractivity contribution in [2.24, 2.45) is 0 Å². The van der Waals surface area contributed by atoms with E-state index >= 15 is 0 Å². The van der Waals surface area contributed by atoms with E-state index in [1.165, 1.54) is 25.3 Å². The first-order valence-corrected chi connectivity index (χ1v) is 8.45. The topological polar surface area (TPSA) is 117 Å². The number of hydrogen-bond donors (Lipinski definition) is 1. The number of para-hydroxylation sites is 1. The Balaban J connectivity index is 1.92. The molecule has 2 aromatic carbocycles. The maximum absolute atomic E-state index is 12.2. The van der Waals surface area contributed by atoms with Crippen LogP contribution in [0.3, 0.4) is 0 Å². The highest BCUT2D eigenvalue weighted by molar-refractivity contribution is 5.94. The number of ether oxygens (including phenoxy) is 3. The maximum Gasteiger partial charge on any atom is 0.347 e. The number of nitrogens with zero attached hydrogens (tertiary/aromatic N) is 1. The van der Waals surface area contributed by atoms with Crippen LogP contribution in [0.25, 0.3) is 0 Å². The molecular formula is C19H20N2O7. The molecular weight excluding hydrogens is 368 g/mol. The molecule has 1 N–H and O–H groups in total. The molecule has 148 valence electrons. The average Bonchev–Trinajstić information content (AvgIpc) is 2.71. The number of non-ortho nitro benzene ring substituents is 1. The van der Waals surface area contributed by atoms with E-state index in [2.05, 4.69) is 5.32 Å². The molecule has 0 fully saturated rings. The summed E-state index contributed by atoms with van der Waals surface area (Å²) in [5.41, 5.74) is 0.0480. The molecule has 0 aliphatic heterocycles. The Hall–Kier alpha value is -3.62. The van der Waals surface area contributed by atoms with Crippen molar-refractivity contribution in [2.45, 2.75) is 19.4 Å². The molecule has 0 heterocycles. The third-order valence-corrected chi connectivity index (χ3v) is 3.67. The summed E-state index contributed by atoms with van der Waals surface area (Å²) in [5.74, 6) is -0.647. The Bertz CT molecular complexity index is 839. The third-order valence-electron chi connectivity index (χ3n) is 3.67. The molecule has 0 saturated carbocycles. The highest BCUT2D eigenvalue weighted by Gasteiger charge is 2.21. The van der Waals surface area contributed by atoms with Gasteiger partial charge in [0.1, 0.15) is 11.5 Å². The maximum atomic E-state index is 12.2. The summed E-state index contributed by atoms with van der Waals surface area (Å²) in [4.78, 5) is 34.4. The van der Waals surface area contributed by atoms with E-state index < -0.39 is 29.5 Å². The van der Waals surface area contributed by atoms with Crippen molar-refractivity contribution in [3.8, 4) is 11.5 Å². The molecule has 0 aromatic heterocycles. The Morgan fingerprint density at radius 2 is 1.89 bits per heavy atom. The number of esters is 1. The van der Waals surface area contributed by atoms with Gasteiger partial charge in [0.25, 0.3) is 11.6 Å². The van der Waals surface area contributed by atoms with E-state index in [0.29, 0.717) is 12.2 Å². The number of hydrogen-bond acceptors (Lipinski definition) is 7. The lowest BCUT2D eigenvalue weighted by molar-refractivity contribution is -0.384. The van der Waals surface area contributed by atoms with Crippen LogP contribution in [0.15, 0.2) is 48.5 Å². The molecule has 1 atom stereocenters. The van der Waals surface area contributed by atoms with Gasteiger partial charge in [-0.1, -0.05) is 25.1 Å². The van der Waals surface area contributed by atoms with Crippen LogP contribution in [0.1, 0.15) is 13.3 Å². The van der Waals surface area contributed by atoms with E-state index in [4.69, 9.17) is 14.2 Å². The van der Waals surface area contributed by atoms with Crippen molar-refractivity contribution in [3.63, 3.8) is 0 Å². The number of nitro benzene ring substituents is 1. The molecule has 0 saturated heterocycles. The van der Waals surface area contributed by atoms with E-state index in [0.717, 1.165) is 0 Å². The van der Waals surface area contributed by atoms with Crippen molar-refractivity contribution < 1.29 is 28.7 Å². The number of nitro groups is 1. The second-order valence-corrected chi connectivity index (χ2v) is 5.63. The normalized spacial score (nSPS) is 11.2. The molecule has 0 bridgehead atoms. The fraction of sp³-hybridized carbons (Fsp3) is 0.263. The Morgan fingerprint density at radius 3 is 2.50 bits per heavy atom. The van der Waals surface area contributed by atoms with E-state index in [1.807, 2.05) is 6.07 Å².